The van der Waals surface area contributed by atoms with Gasteiger partial charge in [0.25, 0.3) is 12.3 Å². The molecular formula is C20H23F2N3O. The summed E-state index contributed by atoms with van der Waals surface area (Å²) in [6, 6.07) is 5.98. The third-order valence-electron chi connectivity index (χ3n) is 5.95. The van der Waals surface area contributed by atoms with Crippen molar-refractivity contribution in [1.82, 2.24) is 9.78 Å². The smallest absolute Gasteiger partial charge is 0.282 e. The summed E-state index contributed by atoms with van der Waals surface area (Å²) in [5.74, 6) is 1.63. The van der Waals surface area contributed by atoms with Crippen LogP contribution in [0.15, 0.2) is 24.4 Å². The van der Waals surface area contributed by atoms with Crippen LogP contribution in [0.4, 0.5) is 14.5 Å². The lowest BCUT2D eigenvalue weighted by Gasteiger charge is -2.21. The number of aryl methyl sites for hydroxylation is 1. The van der Waals surface area contributed by atoms with Gasteiger partial charge in [-0.25, -0.2) is 8.78 Å². The highest BCUT2D eigenvalue weighted by atomic mass is 19.3. The number of rotatable bonds is 4. The normalized spacial score (nSPS) is 23.7. The van der Waals surface area contributed by atoms with Crippen LogP contribution in [0.3, 0.4) is 0 Å². The minimum absolute atomic E-state index is 0.0660. The van der Waals surface area contributed by atoms with Crippen molar-refractivity contribution in [2.24, 2.45) is 18.9 Å². The Bertz CT molecular complexity index is 859. The van der Waals surface area contributed by atoms with E-state index in [2.05, 4.69) is 30.3 Å². The van der Waals surface area contributed by atoms with Crippen LogP contribution in [0, 0.1) is 11.8 Å². The number of carbonyl (C=O) groups is 1. The summed E-state index contributed by atoms with van der Waals surface area (Å²) in [6.45, 7) is 4.51. The lowest BCUT2D eigenvalue weighted by molar-refractivity contribution is 0.101. The molecule has 4 rings (SSSR count). The summed E-state index contributed by atoms with van der Waals surface area (Å²) in [6.07, 6.45) is 0.890. The summed E-state index contributed by atoms with van der Waals surface area (Å²) in [7, 11) is 1.54. The number of amides is 1. The van der Waals surface area contributed by atoms with Crippen LogP contribution in [-0.4, -0.2) is 15.7 Å². The second-order valence-electron chi connectivity index (χ2n) is 7.78. The van der Waals surface area contributed by atoms with Gasteiger partial charge in [-0.05, 0) is 53.7 Å². The van der Waals surface area contributed by atoms with Crippen molar-refractivity contribution in [3.63, 3.8) is 0 Å². The maximum atomic E-state index is 13.2. The van der Waals surface area contributed by atoms with E-state index in [0.29, 0.717) is 23.7 Å². The van der Waals surface area contributed by atoms with Crippen LogP contribution in [0.2, 0.25) is 0 Å². The molecule has 26 heavy (non-hydrogen) atoms. The summed E-state index contributed by atoms with van der Waals surface area (Å²) < 4.78 is 27.6. The van der Waals surface area contributed by atoms with Crippen molar-refractivity contribution in [2.75, 3.05) is 5.32 Å². The number of halogens is 2. The topological polar surface area (TPSA) is 46.9 Å². The summed E-state index contributed by atoms with van der Waals surface area (Å²) in [5.41, 5.74) is 2.74. The first-order valence-electron chi connectivity index (χ1n) is 9.14. The lowest BCUT2D eigenvalue weighted by Crippen LogP contribution is -2.16. The molecule has 1 fully saturated rings. The Hall–Kier alpha value is -2.24. The summed E-state index contributed by atoms with van der Waals surface area (Å²) >= 11 is 0. The monoisotopic (exact) mass is 359 g/mol. The number of alkyl halides is 2. The van der Waals surface area contributed by atoms with E-state index in [4.69, 9.17) is 0 Å². The van der Waals surface area contributed by atoms with Crippen LogP contribution >= 0.6 is 0 Å². The molecular weight excluding hydrogens is 336 g/mol. The molecule has 6 heteroatoms. The van der Waals surface area contributed by atoms with Gasteiger partial charge in [-0.2, -0.15) is 5.10 Å². The molecule has 0 spiro atoms. The fourth-order valence-corrected chi connectivity index (χ4v) is 5.11. The number of hydrogen-bond acceptors (Lipinski definition) is 2. The van der Waals surface area contributed by atoms with E-state index in [1.54, 1.807) is 0 Å². The Labute approximate surface area is 151 Å². The predicted molar refractivity (Wildman–Crippen MR) is 95.6 cm³/mol. The van der Waals surface area contributed by atoms with E-state index < -0.39 is 18.0 Å². The van der Waals surface area contributed by atoms with E-state index >= 15 is 0 Å². The predicted octanol–water partition coefficient (Wildman–Crippen LogP) is 4.86. The Morgan fingerprint density at radius 1 is 1.27 bits per heavy atom. The zero-order chi connectivity index (χ0) is 18.6. The van der Waals surface area contributed by atoms with Crippen LogP contribution in [0.1, 0.15) is 72.1 Å². The molecule has 2 aliphatic carbocycles. The number of anilines is 1. The fraction of sp³-hybridized carbons (Fsp3) is 0.500. The largest absolute Gasteiger partial charge is 0.322 e. The number of fused-ring (bicyclic) bond motifs is 5. The molecule has 1 amide bonds. The minimum atomic E-state index is -2.78. The molecule has 2 aromatic rings. The maximum absolute atomic E-state index is 13.2. The highest BCUT2D eigenvalue weighted by Gasteiger charge is 2.48. The third-order valence-corrected chi connectivity index (χ3v) is 5.95. The Morgan fingerprint density at radius 2 is 2.00 bits per heavy atom. The van der Waals surface area contributed by atoms with Gasteiger partial charge < -0.3 is 5.32 Å². The van der Waals surface area contributed by atoms with Gasteiger partial charge in [0, 0.05) is 18.9 Å². The Kier molecular flexibility index (Phi) is 4.09. The first-order valence-corrected chi connectivity index (χ1v) is 9.14. The zero-order valence-electron chi connectivity index (χ0n) is 15.2. The van der Waals surface area contributed by atoms with Gasteiger partial charge >= 0.3 is 0 Å². The highest BCUT2D eigenvalue weighted by molar-refractivity contribution is 6.05. The minimum Gasteiger partial charge on any atom is -0.322 e. The first kappa shape index (κ1) is 17.2. The molecule has 1 N–H and O–H groups in total. The molecule has 0 aliphatic heterocycles. The van der Waals surface area contributed by atoms with Crippen LogP contribution in [-0.2, 0) is 7.05 Å². The van der Waals surface area contributed by atoms with Crippen molar-refractivity contribution in [3.05, 3.63) is 46.8 Å². The Morgan fingerprint density at radius 3 is 2.69 bits per heavy atom. The van der Waals surface area contributed by atoms with Gasteiger partial charge in [-0.3, -0.25) is 9.48 Å². The van der Waals surface area contributed by atoms with E-state index in [0.717, 1.165) is 12.1 Å². The standard InChI is InChI=1S/C20H23F2N3O/c1-10(2)16-12-7-8-13(16)17-11(12)5-4-6-15(17)23-20(26)14-9-25(3)24-18(14)19(21)22/h4-6,9-10,12-13,16,19H,7-8H2,1-3H3,(H,23,26)/t12-,13-,16?/m0/s1. The molecule has 3 atom stereocenters. The van der Waals surface area contributed by atoms with Gasteiger partial charge in [0.2, 0.25) is 0 Å². The van der Waals surface area contributed by atoms with Gasteiger partial charge in [0.15, 0.2) is 0 Å². The number of aromatic nitrogens is 2. The second kappa shape index (κ2) is 6.18. The number of nitrogens with one attached hydrogen (secondary N) is 1. The third kappa shape index (κ3) is 2.54. The molecule has 1 aromatic heterocycles. The molecule has 1 aromatic carbocycles. The van der Waals surface area contributed by atoms with E-state index in [-0.39, 0.29) is 5.56 Å². The fourth-order valence-electron chi connectivity index (χ4n) is 5.11. The summed E-state index contributed by atoms with van der Waals surface area (Å²) in [4.78, 5) is 12.7. The van der Waals surface area contributed by atoms with Crippen molar-refractivity contribution >= 4 is 11.6 Å². The quantitative estimate of drug-likeness (QED) is 0.848. The van der Waals surface area contributed by atoms with Gasteiger partial charge in [-0.1, -0.05) is 26.0 Å². The number of carbonyl (C=O) groups excluding carboxylic acids is 1. The molecule has 2 bridgehead atoms. The first-order chi connectivity index (χ1) is 12.4. The van der Waals surface area contributed by atoms with Crippen molar-refractivity contribution < 1.29 is 13.6 Å². The van der Waals surface area contributed by atoms with E-state index in [1.807, 2.05) is 12.1 Å². The molecule has 138 valence electrons. The number of benzene rings is 1. The number of nitrogens with zero attached hydrogens (tertiary/aromatic N) is 2. The van der Waals surface area contributed by atoms with Crippen LogP contribution < -0.4 is 5.32 Å². The average Bonchev–Trinajstić information content (AvgIpc) is 3.26. The van der Waals surface area contributed by atoms with Crippen molar-refractivity contribution in [3.8, 4) is 0 Å². The Balaban J connectivity index is 1.67. The van der Waals surface area contributed by atoms with Gasteiger partial charge in [-0.15, -0.1) is 0 Å². The molecule has 0 radical (unpaired) electrons. The summed E-state index contributed by atoms with van der Waals surface area (Å²) in [5, 5.41) is 6.61. The molecule has 4 nitrogen and oxygen atoms in total. The maximum Gasteiger partial charge on any atom is 0.282 e. The van der Waals surface area contributed by atoms with Crippen LogP contribution in [0.5, 0.6) is 0 Å². The SMILES string of the molecule is CC(C)C1[C@@H]2CC[C@H]1c1cccc(NC(=O)c3cn(C)nc3C(F)F)c12. The molecule has 1 saturated carbocycles. The highest BCUT2D eigenvalue weighted by Crippen LogP contribution is 2.61. The second-order valence-corrected chi connectivity index (χ2v) is 7.78. The number of hydrogen-bond donors (Lipinski definition) is 1. The average molecular weight is 359 g/mol. The zero-order valence-corrected chi connectivity index (χ0v) is 15.2. The molecule has 1 unspecified atom stereocenters. The molecule has 1 heterocycles. The van der Waals surface area contributed by atoms with Crippen LogP contribution in [0.25, 0.3) is 0 Å². The van der Waals surface area contributed by atoms with E-state index in [1.165, 1.54) is 35.5 Å². The van der Waals surface area contributed by atoms with Gasteiger partial charge in [0.1, 0.15) is 5.69 Å². The molecule has 2 aliphatic rings. The van der Waals surface area contributed by atoms with Crippen molar-refractivity contribution in [1.29, 1.82) is 0 Å². The van der Waals surface area contributed by atoms with Crippen molar-refractivity contribution in [2.45, 2.75) is 45.0 Å². The molecule has 0 saturated heterocycles. The lowest BCUT2D eigenvalue weighted by atomic mass is 9.85. The van der Waals surface area contributed by atoms with Gasteiger partial charge in [0.05, 0.1) is 5.56 Å². The van der Waals surface area contributed by atoms with E-state index in [9.17, 15) is 13.6 Å².